The van der Waals surface area contributed by atoms with Gasteiger partial charge in [0.1, 0.15) is 6.04 Å². The van der Waals surface area contributed by atoms with E-state index in [1.165, 1.54) is 24.5 Å². The molecule has 0 spiro atoms. The predicted octanol–water partition coefficient (Wildman–Crippen LogP) is 3.62. The molecule has 1 N–H and O–H groups in total. The second kappa shape index (κ2) is 9.19. The van der Waals surface area contributed by atoms with E-state index in [1.807, 2.05) is 0 Å². The smallest absolute Gasteiger partial charge is 0.351 e. The van der Waals surface area contributed by atoms with Gasteiger partial charge in [-0.1, -0.05) is 33.1 Å². The number of alkyl halides is 3. The quantitative estimate of drug-likeness (QED) is 0.814. The summed E-state index contributed by atoms with van der Waals surface area (Å²) in [5.74, 6) is -2.81. The summed E-state index contributed by atoms with van der Waals surface area (Å²) in [4.78, 5) is 29.6. The molecule has 1 aromatic heterocycles. The maximum absolute atomic E-state index is 13.2. The number of carbonyl (C=O) groups excluding carboxylic acids is 2. The fourth-order valence-corrected chi connectivity index (χ4v) is 3.41. The fourth-order valence-electron chi connectivity index (χ4n) is 3.41. The van der Waals surface area contributed by atoms with E-state index in [1.54, 1.807) is 13.8 Å². The number of nitrogens with one attached hydrogen (secondary N) is 1. The monoisotopic (exact) mass is 385 g/mol. The number of hydrogen-bond donors (Lipinski definition) is 1. The van der Waals surface area contributed by atoms with Gasteiger partial charge in [-0.2, -0.15) is 13.2 Å². The second-order valence-corrected chi connectivity index (χ2v) is 7.38. The SMILES string of the molecule is CC(C)CN(C(=O)C(F)(F)F)C(C(=O)NC1CCCCC1)c1ccncc1. The summed E-state index contributed by atoms with van der Waals surface area (Å²) in [5.41, 5.74) is 0.316. The number of hydrogen-bond acceptors (Lipinski definition) is 3. The van der Waals surface area contributed by atoms with E-state index in [0.29, 0.717) is 10.5 Å². The Bertz CT molecular complexity index is 629. The number of nitrogens with zero attached hydrogens (tertiary/aromatic N) is 2. The Labute approximate surface area is 157 Å². The number of halogens is 3. The lowest BCUT2D eigenvalue weighted by Crippen LogP contribution is -2.51. The molecule has 8 heteroatoms. The minimum Gasteiger partial charge on any atom is -0.351 e. The normalized spacial score (nSPS) is 16.8. The summed E-state index contributed by atoms with van der Waals surface area (Å²) in [6.45, 7) is 3.24. The third kappa shape index (κ3) is 5.94. The highest BCUT2D eigenvalue weighted by Gasteiger charge is 2.46. The van der Waals surface area contributed by atoms with Crippen LogP contribution >= 0.6 is 0 Å². The molecule has 1 fully saturated rings. The van der Waals surface area contributed by atoms with Crippen LogP contribution < -0.4 is 5.32 Å². The largest absolute Gasteiger partial charge is 0.471 e. The van der Waals surface area contributed by atoms with Gasteiger partial charge in [-0.15, -0.1) is 0 Å². The van der Waals surface area contributed by atoms with E-state index in [4.69, 9.17) is 0 Å². The van der Waals surface area contributed by atoms with Crippen molar-refractivity contribution in [3.8, 4) is 0 Å². The number of pyridine rings is 1. The highest BCUT2D eigenvalue weighted by Crippen LogP contribution is 2.29. The van der Waals surface area contributed by atoms with Gasteiger partial charge < -0.3 is 10.2 Å². The van der Waals surface area contributed by atoms with Crippen molar-refractivity contribution in [2.45, 2.75) is 64.2 Å². The molecule has 1 aromatic rings. The average Bonchev–Trinajstić information content (AvgIpc) is 2.61. The molecule has 27 heavy (non-hydrogen) atoms. The summed E-state index contributed by atoms with van der Waals surface area (Å²) < 4.78 is 39.6. The van der Waals surface area contributed by atoms with Gasteiger partial charge in [0.25, 0.3) is 0 Å². The zero-order valence-electron chi connectivity index (χ0n) is 15.6. The van der Waals surface area contributed by atoms with Gasteiger partial charge in [-0.3, -0.25) is 14.6 Å². The van der Waals surface area contributed by atoms with E-state index in [2.05, 4.69) is 10.3 Å². The topological polar surface area (TPSA) is 62.3 Å². The molecule has 0 bridgehead atoms. The summed E-state index contributed by atoms with van der Waals surface area (Å²) in [7, 11) is 0. The molecule has 2 rings (SSSR count). The zero-order valence-corrected chi connectivity index (χ0v) is 15.6. The van der Waals surface area contributed by atoms with E-state index in [-0.39, 0.29) is 18.5 Å². The summed E-state index contributed by atoms with van der Waals surface area (Å²) >= 11 is 0. The Morgan fingerprint density at radius 1 is 1.19 bits per heavy atom. The Balaban J connectivity index is 2.35. The molecule has 0 aliphatic heterocycles. The molecule has 150 valence electrons. The van der Waals surface area contributed by atoms with E-state index >= 15 is 0 Å². The molecule has 1 aliphatic carbocycles. The first-order chi connectivity index (χ1) is 12.7. The van der Waals surface area contributed by atoms with Gasteiger partial charge >= 0.3 is 12.1 Å². The Kier molecular flexibility index (Phi) is 7.21. The van der Waals surface area contributed by atoms with Crippen LogP contribution in [0.2, 0.25) is 0 Å². The van der Waals surface area contributed by atoms with Crippen LogP contribution in [0.3, 0.4) is 0 Å². The first-order valence-corrected chi connectivity index (χ1v) is 9.28. The lowest BCUT2D eigenvalue weighted by atomic mass is 9.94. The lowest BCUT2D eigenvalue weighted by molar-refractivity contribution is -0.189. The Morgan fingerprint density at radius 3 is 2.30 bits per heavy atom. The van der Waals surface area contributed by atoms with Crippen LogP contribution in [0.4, 0.5) is 13.2 Å². The van der Waals surface area contributed by atoms with Crippen molar-refractivity contribution < 1.29 is 22.8 Å². The minimum atomic E-state index is -5.05. The van der Waals surface area contributed by atoms with E-state index in [9.17, 15) is 22.8 Å². The van der Waals surface area contributed by atoms with Crippen molar-refractivity contribution >= 4 is 11.8 Å². The van der Waals surface area contributed by atoms with Crippen LogP contribution in [0, 0.1) is 5.92 Å². The standard InChI is InChI=1S/C19H26F3N3O2/c1-13(2)12-25(18(27)19(20,21)22)16(14-8-10-23-11-9-14)17(26)24-15-6-4-3-5-7-15/h8-11,13,15-16H,3-7,12H2,1-2H3,(H,24,26). The van der Waals surface area contributed by atoms with Crippen LogP contribution in [0.25, 0.3) is 0 Å². The van der Waals surface area contributed by atoms with Crippen molar-refractivity contribution in [3.05, 3.63) is 30.1 Å². The summed E-state index contributed by atoms with van der Waals surface area (Å²) in [6.07, 6.45) is 2.39. The molecule has 2 amide bonds. The molecule has 1 heterocycles. The molecule has 1 unspecified atom stereocenters. The van der Waals surface area contributed by atoms with Crippen LogP contribution in [0.5, 0.6) is 0 Å². The second-order valence-electron chi connectivity index (χ2n) is 7.38. The molecule has 0 aromatic carbocycles. The highest BCUT2D eigenvalue weighted by atomic mass is 19.4. The van der Waals surface area contributed by atoms with Gasteiger partial charge in [0.15, 0.2) is 0 Å². The molecular formula is C19H26F3N3O2. The van der Waals surface area contributed by atoms with Crippen LogP contribution in [0.15, 0.2) is 24.5 Å². The van der Waals surface area contributed by atoms with Crippen LogP contribution in [-0.4, -0.2) is 40.5 Å². The number of aromatic nitrogens is 1. The van der Waals surface area contributed by atoms with Gasteiger partial charge in [0, 0.05) is 25.0 Å². The van der Waals surface area contributed by atoms with Crippen molar-refractivity contribution in [2.24, 2.45) is 5.92 Å². The minimum absolute atomic E-state index is 0.0718. The van der Waals surface area contributed by atoms with Gasteiger partial charge in [0.2, 0.25) is 5.91 Å². The first kappa shape index (κ1) is 21.2. The molecule has 0 saturated heterocycles. The van der Waals surface area contributed by atoms with Crippen LogP contribution in [-0.2, 0) is 9.59 Å². The average molecular weight is 385 g/mol. The number of amides is 2. The predicted molar refractivity (Wildman–Crippen MR) is 94.6 cm³/mol. The molecule has 1 atom stereocenters. The number of carbonyl (C=O) groups is 2. The number of rotatable bonds is 6. The van der Waals surface area contributed by atoms with Crippen LogP contribution in [0.1, 0.15) is 57.6 Å². The Hall–Kier alpha value is -2.12. The molecule has 1 aliphatic rings. The zero-order chi connectivity index (χ0) is 20.0. The van der Waals surface area contributed by atoms with Gasteiger partial charge in [-0.25, -0.2) is 0 Å². The van der Waals surface area contributed by atoms with Crippen molar-refractivity contribution in [1.29, 1.82) is 0 Å². The van der Waals surface area contributed by atoms with Gasteiger partial charge in [0.05, 0.1) is 0 Å². The van der Waals surface area contributed by atoms with Crippen molar-refractivity contribution in [1.82, 2.24) is 15.2 Å². The third-order valence-electron chi connectivity index (χ3n) is 4.60. The molecule has 0 radical (unpaired) electrons. The van der Waals surface area contributed by atoms with E-state index < -0.39 is 24.0 Å². The molecule has 1 saturated carbocycles. The maximum Gasteiger partial charge on any atom is 0.471 e. The lowest BCUT2D eigenvalue weighted by Gasteiger charge is -2.34. The van der Waals surface area contributed by atoms with E-state index in [0.717, 1.165) is 32.1 Å². The van der Waals surface area contributed by atoms with Gasteiger partial charge in [-0.05, 0) is 36.5 Å². The maximum atomic E-state index is 13.2. The first-order valence-electron chi connectivity index (χ1n) is 9.28. The summed E-state index contributed by atoms with van der Waals surface area (Å²) in [6, 6.07) is 1.54. The van der Waals surface area contributed by atoms with Crippen molar-refractivity contribution in [2.75, 3.05) is 6.54 Å². The third-order valence-corrected chi connectivity index (χ3v) is 4.60. The summed E-state index contributed by atoms with van der Waals surface area (Å²) in [5, 5.41) is 2.86. The Morgan fingerprint density at radius 2 is 1.78 bits per heavy atom. The highest BCUT2D eigenvalue weighted by molar-refractivity contribution is 5.90. The van der Waals surface area contributed by atoms with Crippen molar-refractivity contribution in [3.63, 3.8) is 0 Å². The molecule has 5 nitrogen and oxygen atoms in total. The molecular weight excluding hydrogens is 359 g/mol. The fraction of sp³-hybridized carbons (Fsp3) is 0.632.